The topological polar surface area (TPSA) is 75.5 Å². The molecule has 2 rings (SSSR count). The number of piperazine rings is 1. The molecule has 0 aromatic heterocycles. The number of carbonyl (C=O) groups excluding carboxylic acids is 1. The lowest BCUT2D eigenvalue weighted by Crippen LogP contribution is -2.55. The standard InChI is InChI=1S/C13H16ClN3O3.ClH/c1-8-6-16(7-9(2)15-8)13(18)12-10(14)4-3-5-11(12)17(19)20;/h3-5,8-9,15H,6-7H2,1-2H3;1H. The number of hydrogen-bond acceptors (Lipinski definition) is 4. The van der Waals surface area contributed by atoms with Gasteiger partial charge in [-0.2, -0.15) is 0 Å². The summed E-state index contributed by atoms with van der Waals surface area (Å²) in [6, 6.07) is 4.55. The molecule has 8 heteroatoms. The summed E-state index contributed by atoms with van der Waals surface area (Å²) in [4.78, 5) is 24.6. The van der Waals surface area contributed by atoms with Crippen molar-refractivity contribution in [1.82, 2.24) is 10.2 Å². The predicted molar refractivity (Wildman–Crippen MR) is 83.3 cm³/mol. The molecule has 2 atom stereocenters. The number of halogens is 2. The fourth-order valence-corrected chi connectivity index (χ4v) is 2.78. The van der Waals surface area contributed by atoms with E-state index in [9.17, 15) is 14.9 Å². The minimum Gasteiger partial charge on any atom is -0.335 e. The zero-order valence-corrected chi connectivity index (χ0v) is 13.3. The number of nitro benzene ring substituents is 1. The lowest BCUT2D eigenvalue weighted by Gasteiger charge is -2.36. The molecule has 1 heterocycles. The van der Waals surface area contributed by atoms with E-state index in [-0.39, 0.29) is 46.7 Å². The van der Waals surface area contributed by atoms with Gasteiger partial charge in [-0.25, -0.2) is 0 Å². The maximum atomic E-state index is 12.5. The van der Waals surface area contributed by atoms with Crippen molar-refractivity contribution in [2.45, 2.75) is 25.9 Å². The Morgan fingerprint density at radius 3 is 2.48 bits per heavy atom. The van der Waals surface area contributed by atoms with Crippen LogP contribution in [0, 0.1) is 10.1 Å². The van der Waals surface area contributed by atoms with Gasteiger partial charge in [0.15, 0.2) is 0 Å². The number of rotatable bonds is 2. The Balaban J connectivity index is 0.00000220. The Bertz CT molecular complexity index is 543. The molecule has 21 heavy (non-hydrogen) atoms. The van der Waals surface area contributed by atoms with E-state index in [4.69, 9.17) is 11.6 Å². The third kappa shape index (κ3) is 3.84. The Morgan fingerprint density at radius 1 is 1.38 bits per heavy atom. The second-order valence-electron chi connectivity index (χ2n) is 5.07. The Morgan fingerprint density at radius 2 is 1.95 bits per heavy atom. The van der Waals surface area contributed by atoms with E-state index in [1.54, 1.807) is 4.90 Å². The first-order valence-electron chi connectivity index (χ1n) is 6.38. The number of amides is 1. The van der Waals surface area contributed by atoms with Crippen molar-refractivity contribution in [3.05, 3.63) is 38.9 Å². The van der Waals surface area contributed by atoms with Crippen molar-refractivity contribution < 1.29 is 9.72 Å². The molecule has 0 aliphatic carbocycles. The molecule has 1 aliphatic heterocycles. The van der Waals surface area contributed by atoms with Crippen LogP contribution in [0.4, 0.5) is 5.69 Å². The van der Waals surface area contributed by atoms with E-state index in [2.05, 4.69) is 5.32 Å². The number of carbonyl (C=O) groups is 1. The van der Waals surface area contributed by atoms with E-state index >= 15 is 0 Å². The van der Waals surface area contributed by atoms with Gasteiger partial charge in [-0.3, -0.25) is 14.9 Å². The minimum atomic E-state index is -0.575. The highest BCUT2D eigenvalue weighted by Crippen LogP contribution is 2.28. The maximum Gasteiger partial charge on any atom is 0.283 e. The van der Waals surface area contributed by atoms with Crippen molar-refractivity contribution in [2.24, 2.45) is 0 Å². The van der Waals surface area contributed by atoms with Gasteiger partial charge in [-0.05, 0) is 19.9 Å². The van der Waals surface area contributed by atoms with Crippen LogP contribution in [0.15, 0.2) is 18.2 Å². The molecule has 116 valence electrons. The van der Waals surface area contributed by atoms with Crippen LogP contribution in [-0.4, -0.2) is 40.9 Å². The first-order chi connectivity index (χ1) is 9.40. The quantitative estimate of drug-likeness (QED) is 0.666. The van der Waals surface area contributed by atoms with Crippen LogP contribution in [0.1, 0.15) is 24.2 Å². The molecule has 0 saturated carbocycles. The van der Waals surface area contributed by atoms with Gasteiger partial charge < -0.3 is 10.2 Å². The summed E-state index contributed by atoms with van der Waals surface area (Å²) in [5, 5.41) is 14.5. The summed E-state index contributed by atoms with van der Waals surface area (Å²) in [5.41, 5.74) is -0.276. The minimum absolute atomic E-state index is 0. The van der Waals surface area contributed by atoms with Crippen molar-refractivity contribution in [3.8, 4) is 0 Å². The molecule has 1 fully saturated rings. The van der Waals surface area contributed by atoms with E-state index in [0.29, 0.717) is 13.1 Å². The van der Waals surface area contributed by atoms with Gasteiger partial charge >= 0.3 is 0 Å². The highest BCUT2D eigenvalue weighted by molar-refractivity contribution is 6.34. The van der Waals surface area contributed by atoms with Crippen molar-refractivity contribution >= 4 is 35.6 Å². The average molecular weight is 334 g/mol. The van der Waals surface area contributed by atoms with Gasteiger partial charge in [0.25, 0.3) is 11.6 Å². The Kier molecular flexibility index (Phi) is 5.95. The second kappa shape index (κ2) is 7.06. The highest BCUT2D eigenvalue weighted by atomic mass is 35.5. The SMILES string of the molecule is CC1CN(C(=O)c2c(Cl)cccc2[N+](=O)[O-])CC(C)N1.Cl. The molecule has 2 unspecified atom stereocenters. The van der Waals surface area contributed by atoms with Crippen LogP contribution in [0.3, 0.4) is 0 Å². The fourth-order valence-electron chi connectivity index (χ4n) is 2.53. The summed E-state index contributed by atoms with van der Waals surface area (Å²) in [5.74, 6) is -0.387. The number of nitro groups is 1. The monoisotopic (exact) mass is 333 g/mol. The summed E-state index contributed by atoms with van der Waals surface area (Å²) in [6.45, 7) is 4.95. The summed E-state index contributed by atoms with van der Waals surface area (Å²) < 4.78 is 0. The third-order valence-corrected chi connectivity index (χ3v) is 3.56. The van der Waals surface area contributed by atoms with E-state index in [0.717, 1.165) is 0 Å². The molecule has 1 saturated heterocycles. The molecule has 1 amide bonds. The third-order valence-electron chi connectivity index (χ3n) is 3.25. The molecule has 0 radical (unpaired) electrons. The normalized spacial score (nSPS) is 21.6. The van der Waals surface area contributed by atoms with Crippen LogP contribution in [-0.2, 0) is 0 Å². The van der Waals surface area contributed by atoms with Gasteiger partial charge in [-0.1, -0.05) is 17.7 Å². The summed E-state index contributed by atoms with van der Waals surface area (Å²) >= 11 is 5.99. The smallest absolute Gasteiger partial charge is 0.283 e. The number of nitrogens with one attached hydrogen (secondary N) is 1. The van der Waals surface area contributed by atoms with Crippen molar-refractivity contribution in [1.29, 1.82) is 0 Å². The van der Waals surface area contributed by atoms with E-state index in [1.807, 2.05) is 13.8 Å². The van der Waals surface area contributed by atoms with E-state index < -0.39 is 4.92 Å². The van der Waals surface area contributed by atoms with Gasteiger partial charge in [0, 0.05) is 31.2 Å². The van der Waals surface area contributed by atoms with Crippen LogP contribution in [0.2, 0.25) is 5.02 Å². The first-order valence-corrected chi connectivity index (χ1v) is 6.76. The van der Waals surface area contributed by atoms with Gasteiger partial charge in [0.1, 0.15) is 5.56 Å². The molecule has 6 nitrogen and oxygen atoms in total. The zero-order valence-electron chi connectivity index (χ0n) is 11.7. The van der Waals surface area contributed by atoms with Crippen LogP contribution >= 0.6 is 24.0 Å². The number of hydrogen-bond donors (Lipinski definition) is 1. The largest absolute Gasteiger partial charge is 0.335 e. The highest BCUT2D eigenvalue weighted by Gasteiger charge is 2.31. The van der Waals surface area contributed by atoms with Gasteiger partial charge in [-0.15, -0.1) is 12.4 Å². The summed E-state index contributed by atoms with van der Waals surface area (Å²) in [6.07, 6.45) is 0. The van der Waals surface area contributed by atoms with Crippen LogP contribution in [0.5, 0.6) is 0 Å². The van der Waals surface area contributed by atoms with Crippen molar-refractivity contribution in [2.75, 3.05) is 13.1 Å². The summed E-state index contributed by atoms with van der Waals surface area (Å²) in [7, 11) is 0. The lowest BCUT2D eigenvalue weighted by atomic mass is 10.1. The second-order valence-corrected chi connectivity index (χ2v) is 5.48. The van der Waals surface area contributed by atoms with E-state index in [1.165, 1.54) is 18.2 Å². The molecular formula is C13H17Cl2N3O3. The number of nitrogens with zero attached hydrogens (tertiary/aromatic N) is 2. The predicted octanol–water partition coefficient (Wildman–Crippen LogP) is 2.49. The molecular weight excluding hydrogens is 317 g/mol. The van der Waals surface area contributed by atoms with Gasteiger partial charge in [0.2, 0.25) is 0 Å². The van der Waals surface area contributed by atoms with Crippen LogP contribution in [0.25, 0.3) is 0 Å². The molecule has 1 N–H and O–H groups in total. The Hall–Kier alpha value is -1.37. The van der Waals surface area contributed by atoms with Gasteiger partial charge in [0.05, 0.1) is 9.95 Å². The average Bonchev–Trinajstić information content (AvgIpc) is 2.36. The van der Waals surface area contributed by atoms with Crippen molar-refractivity contribution in [3.63, 3.8) is 0 Å². The Labute approximate surface area is 134 Å². The lowest BCUT2D eigenvalue weighted by molar-refractivity contribution is -0.385. The molecule has 1 aromatic carbocycles. The maximum absolute atomic E-state index is 12.5. The number of benzene rings is 1. The fraction of sp³-hybridized carbons (Fsp3) is 0.462. The molecule has 1 aliphatic rings. The zero-order chi connectivity index (χ0) is 14.9. The molecule has 1 aromatic rings. The molecule has 0 bridgehead atoms. The molecule has 0 spiro atoms. The first kappa shape index (κ1) is 17.7. The van der Waals surface area contributed by atoms with Crippen LogP contribution < -0.4 is 5.32 Å².